The Morgan fingerprint density at radius 1 is 0.971 bits per heavy atom. The van der Waals surface area contributed by atoms with E-state index in [0.29, 0.717) is 22.6 Å². The van der Waals surface area contributed by atoms with E-state index in [1.54, 1.807) is 18.2 Å². The standard InChI is InChI=1S/C25H14BrF2NO5/c26-14-3-8-19-13(9-14)10-20(34-19)23(31)21-22(12-1-5-16(30)6-2-12)29(25(33)24(21)32)18-7-4-15(27)11-17(18)28/h1-11,22,30,32H. The fourth-order valence-corrected chi connectivity index (χ4v) is 4.37. The molecule has 0 saturated heterocycles. The number of benzene rings is 3. The Labute approximate surface area is 199 Å². The number of nitrogens with zero attached hydrogens (tertiary/aromatic N) is 1. The van der Waals surface area contributed by atoms with Crippen LogP contribution >= 0.6 is 15.9 Å². The van der Waals surface area contributed by atoms with Crippen LogP contribution in [0.2, 0.25) is 0 Å². The summed E-state index contributed by atoms with van der Waals surface area (Å²) < 4.78 is 34.6. The summed E-state index contributed by atoms with van der Waals surface area (Å²) in [5, 5.41) is 21.0. The lowest BCUT2D eigenvalue weighted by Crippen LogP contribution is -2.31. The summed E-state index contributed by atoms with van der Waals surface area (Å²) in [6.45, 7) is 0. The lowest BCUT2D eigenvalue weighted by Gasteiger charge is -2.27. The molecule has 0 radical (unpaired) electrons. The Kier molecular flexibility index (Phi) is 5.21. The van der Waals surface area contributed by atoms with Gasteiger partial charge >= 0.3 is 0 Å². The number of rotatable bonds is 4. The molecule has 5 rings (SSSR count). The van der Waals surface area contributed by atoms with Crippen LogP contribution in [0.25, 0.3) is 11.0 Å². The van der Waals surface area contributed by atoms with E-state index < -0.39 is 35.1 Å². The zero-order valence-electron chi connectivity index (χ0n) is 17.1. The minimum absolute atomic E-state index is 0.0727. The van der Waals surface area contributed by atoms with Crippen LogP contribution in [-0.2, 0) is 4.79 Å². The van der Waals surface area contributed by atoms with Gasteiger partial charge in [0, 0.05) is 15.9 Å². The minimum Gasteiger partial charge on any atom is -0.508 e. The molecule has 0 spiro atoms. The molecule has 2 N–H and O–H groups in total. The maximum absolute atomic E-state index is 14.7. The number of phenolic OH excluding ortho intramolecular Hbond substituents is 1. The van der Waals surface area contributed by atoms with Crippen molar-refractivity contribution in [3.05, 3.63) is 105 Å². The van der Waals surface area contributed by atoms with E-state index in [4.69, 9.17) is 4.42 Å². The number of furan rings is 1. The smallest absolute Gasteiger partial charge is 0.294 e. The molecule has 9 heteroatoms. The molecule has 170 valence electrons. The molecule has 1 aliphatic rings. The van der Waals surface area contributed by atoms with Crippen molar-refractivity contribution in [1.82, 2.24) is 0 Å². The summed E-state index contributed by atoms with van der Waals surface area (Å²) in [6.07, 6.45) is 0. The van der Waals surface area contributed by atoms with Gasteiger partial charge in [0.05, 0.1) is 17.3 Å². The number of carbonyl (C=O) groups is 2. The van der Waals surface area contributed by atoms with Crippen molar-refractivity contribution in [2.75, 3.05) is 4.90 Å². The predicted molar refractivity (Wildman–Crippen MR) is 123 cm³/mol. The number of phenols is 1. The van der Waals surface area contributed by atoms with Gasteiger partial charge in [-0.3, -0.25) is 14.5 Å². The van der Waals surface area contributed by atoms with Gasteiger partial charge < -0.3 is 14.6 Å². The first-order valence-electron chi connectivity index (χ1n) is 9.99. The highest BCUT2D eigenvalue weighted by atomic mass is 79.9. The summed E-state index contributed by atoms with van der Waals surface area (Å²) in [5.41, 5.74) is 0.0598. The van der Waals surface area contributed by atoms with E-state index in [1.165, 1.54) is 30.3 Å². The molecule has 2 heterocycles. The van der Waals surface area contributed by atoms with Gasteiger partial charge in [0.15, 0.2) is 11.5 Å². The Bertz CT molecular complexity index is 1510. The average Bonchev–Trinajstić information content (AvgIpc) is 3.33. The third-order valence-corrected chi connectivity index (χ3v) is 6.03. The van der Waals surface area contributed by atoms with Gasteiger partial charge in [-0.1, -0.05) is 28.1 Å². The van der Waals surface area contributed by atoms with Gasteiger partial charge in [-0.15, -0.1) is 0 Å². The van der Waals surface area contributed by atoms with Crippen molar-refractivity contribution in [3.63, 3.8) is 0 Å². The topological polar surface area (TPSA) is 91.0 Å². The monoisotopic (exact) mass is 525 g/mol. The molecule has 6 nitrogen and oxygen atoms in total. The van der Waals surface area contributed by atoms with E-state index in [0.717, 1.165) is 21.5 Å². The third kappa shape index (κ3) is 3.54. The summed E-state index contributed by atoms with van der Waals surface area (Å²) in [6, 6.07) is 13.5. The minimum atomic E-state index is -1.26. The number of ketones is 1. The van der Waals surface area contributed by atoms with Crippen molar-refractivity contribution < 1.29 is 33.0 Å². The molecule has 3 aromatic carbocycles. The highest BCUT2D eigenvalue weighted by Gasteiger charge is 2.46. The number of aliphatic hydroxyl groups excluding tert-OH is 1. The summed E-state index contributed by atoms with van der Waals surface area (Å²) in [5.74, 6) is -4.80. The first-order valence-corrected chi connectivity index (χ1v) is 10.8. The Morgan fingerprint density at radius 2 is 1.71 bits per heavy atom. The highest BCUT2D eigenvalue weighted by Crippen LogP contribution is 2.43. The van der Waals surface area contributed by atoms with E-state index in [9.17, 15) is 28.6 Å². The van der Waals surface area contributed by atoms with E-state index in [1.807, 2.05) is 0 Å². The highest BCUT2D eigenvalue weighted by molar-refractivity contribution is 9.10. The number of halogens is 3. The summed E-state index contributed by atoms with van der Waals surface area (Å²) >= 11 is 3.34. The van der Waals surface area contributed by atoms with Gasteiger partial charge in [-0.25, -0.2) is 8.78 Å². The summed E-state index contributed by atoms with van der Waals surface area (Å²) in [7, 11) is 0. The molecule has 0 fully saturated rings. The second kappa shape index (κ2) is 8.11. The largest absolute Gasteiger partial charge is 0.508 e. The molecular weight excluding hydrogens is 512 g/mol. The molecule has 0 saturated carbocycles. The number of fused-ring (bicyclic) bond motifs is 1. The number of Topliss-reactive ketones (excluding diaryl/α,β-unsaturated/α-hetero) is 1. The lowest BCUT2D eigenvalue weighted by molar-refractivity contribution is -0.117. The molecule has 34 heavy (non-hydrogen) atoms. The zero-order chi connectivity index (χ0) is 24.1. The van der Waals surface area contributed by atoms with Crippen molar-refractivity contribution in [2.45, 2.75) is 6.04 Å². The normalized spacial score (nSPS) is 16.0. The first kappa shape index (κ1) is 21.8. The molecule has 4 aromatic rings. The lowest BCUT2D eigenvalue weighted by atomic mass is 9.94. The molecule has 1 atom stereocenters. The Morgan fingerprint density at radius 3 is 2.41 bits per heavy atom. The number of amides is 1. The second-order valence-corrected chi connectivity index (χ2v) is 8.56. The van der Waals surface area contributed by atoms with E-state index >= 15 is 0 Å². The van der Waals surface area contributed by atoms with Crippen LogP contribution < -0.4 is 4.90 Å². The molecule has 0 bridgehead atoms. The number of aliphatic hydroxyl groups is 1. The predicted octanol–water partition coefficient (Wildman–Crippen LogP) is 5.96. The molecule has 1 amide bonds. The van der Waals surface area contributed by atoms with Crippen LogP contribution in [0.3, 0.4) is 0 Å². The van der Waals surface area contributed by atoms with Crippen LogP contribution in [0, 0.1) is 11.6 Å². The molecular formula is C25H14BrF2NO5. The first-order chi connectivity index (χ1) is 16.2. The zero-order valence-corrected chi connectivity index (χ0v) is 18.7. The van der Waals surface area contributed by atoms with Crippen molar-refractivity contribution in [2.24, 2.45) is 0 Å². The fourth-order valence-electron chi connectivity index (χ4n) is 3.99. The van der Waals surface area contributed by atoms with Crippen molar-refractivity contribution >= 4 is 44.3 Å². The van der Waals surface area contributed by atoms with Gasteiger partial charge in [-0.2, -0.15) is 0 Å². The fraction of sp³-hybridized carbons (Fsp3) is 0.0400. The van der Waals surface area contributed by atoms with E-state index in [-0.39, 0.29) is 22.8 Å². The van der Waals surface area contributed by atoms with Gasteiger partial charge in [0.25, 0.3) is 5.91 Å². The summed E-state index contributed by atoms with van der Waals surface area (Å²) in [4.78, 5) is 27.5. The van der Waals surface area contributed by atoms with Crippen LogP contribution in [0.15, 0.2) is 87.0 Å². The Hall–Kier alpha value is -3.98. The molecule has 1 unspecified atom stereocenters. The number of hydrogen-bond donors (Lipinski definition) is 2. The number of carbonyl (C=O) groups excluding carboxylic acids is 2. The third-order valence-electron chi connectivity index (χ3n) is 5.53. The number of anilines is 1. The molecule has 0 aliphatic carbocycles. The SMILES string of the molecule is O=C(C1=C(O)C(=O)N(c2ccc(F)cc2F)C1c1ccc(O)cc1)c1cc2cc(Br)ccc2o1. The van der Waals surface area contributed by atoms with Crippen LogP contribution in [0.1, 0.15) is 22.2 Å². The van der Waals surface area contributed by atoms with Crippen molar-refractivity contribution in [3.8, 4) is 5.75 Å². The number of hydrogen-bond acceptors (Lipinski definition) is 5. The van der Waals surface area contributed by atoms with Crippen LogP contribution in [0.4, 0.5) is 14.5 Å². The van der Waals surface area contributed by atoms with E-state index in [2.05, 4.69) is 15.9 Å². The van der Waals surface area contributed by atoms with Crippen LogP contribution in [0.5, 0.6) is 5.75 Å². The molecule has 1 aromatic heterocycles. The van der Waals surface area contributed by atoms with Gasteiger partial charge in [0.2, 0.25) is 5.78 Å². The van der Waals surface area contributed by atoms with Crippen molar-refractivity contribution in [1.29, 1.82) is 0 Å². The Balaban J connectivity index is 1.67. The maximum atomic E-state index is 14.7. The second-order valence-electron chi connectivity index (χ2n) is 7.65. The maximum Gasteiger partial charge on any atom is 0.294 e. The van der Waals surface area contributed by atoms with Gasteiger partial charge in [0.1, 0.15) is 23.0 Å². The quantitative estimate of drug-likeness (QED) is 0.320. The van der Waals surface area contributed by atoms with Crippen LogP contribution in [-0.4, -0.2) is 21.9 Å². The van der Waals surface area contributed by atoms with Gasteiger partial charge in [-0.05, 0) is 54.1 Å². The molecule has 1 aliphatic heterocycles. The number of aromatic hydroxyl groups is 1. The average molecular weight is 526 g/mol.